The standard InChI is InChI=1S/C25H34N2O3/c1-25(2,3)20-5-8-22(9-6-20)30-23-7-4-17-12-21(26-14-19(17)13-23)16-27-11-10-18(15-27)24(28)29/h4,7,12-14,18,20,22H,5-6,8-11,15-16H2,1-3H3,(H,28,29). The van der Waals surface area contributed by atoms with Crippen LogP contribution in [0.25, 0.3) is 10.8 Å². The molecule has 162 valence electrons. The van der Waals surface area contributed by atoms with Crippen LogP contribution >= 0.6 is 0 Å². The van der Waals surface area contributed by atoms with Gasteiger partial charge >= 0.3 is 5.97 Å². The van der Waals surface area contributed by atoms with Crippen LogP contribution in [0.2, 0.25) is 0 Å². The highest BCUT2D eigenvalue weighted by atomic mass is 16.5. The van der Waals surface area contributed by atoms with Crippen molar-refractivity contribution in [3.63, 3.8) is 0 Å². The third kappa shape index (κ3) is 4.94. The molecule has 5 heteroatoms. The number of likely N-dealkylation sites (tertiary alicyclic amines) is 1. The number of pyridine rings is 1. The first-order valence-corrected chi connectivity index (χ1v) is 11.3. The summed E-state index contributed by atoms with van der Waals surface area (Å²) >= 11 is 0. The van der Waals surface area contributed by atoms with Gasteiger partial charge in [-0.05, 0) is 73.6 Å². The summed E-state index contributed by atoms with van der Waals surface area (Å²) in [7, 11) is 0. The molecular formula is C25H34N2O3. The molecule has 1 saturated carbocycles. The van der Waals surface area contributed by atoms with E-state index in [0.29, 0.717) is 24.6 Å². The highest BCUT2D eigenvalue weighted by Gasteiger charge is 2.30. The number of hydrogen-bond acceptors (Lipinski definition) is 4. The van der Waals surface area contributed by atoms with Gasteiger partial charge in [-0.2, -0.15) is 0 Å². The Morgan fingerprint density at radius 2 is 1.90 bits per heavy atom. The molecule has 30 heavy (non-hydrogen) atoms. The highest BCUT2D eigenvalue weighted by molar-refractivity contribution is 5.83. The molecule has 1 aromatic heterocycles. The van der Waals surface area contributed by atoms with Crippen LogP contribution in [-0.4, -0.2) is 40.2 Å². The van der Waals surface area contributed by atoms with E-state index >= 15 is 0 Å². The predicted octanol–water partition coefficient (Wildman–Crippen LogP) is 5.13. The van der Waals surface area contributed by atoms with Crippen molar-refractivity contribution in [1.82, 2.24) is 9.88 Å². The molecule has 1 atom stereocenters. The Hall–Kier alpha value is -2.14. The maximum atomic E-state index is 11.2. The minimum atomic E-state index is -0.691. The number of rotatable bonds is 5. The zero-order valence-electron chi connectivity index (χ0n) is 18.4. The first-order valence-electron chi connectivity index (χ1n) is 11.3. The largest absolute Gasteiger partial charge is 0.490 e. The lowest BCUT2D eigenvalue weighted by Gasteiger charge is -2.36. The number of carboxylic acids is 1. The topological polar surface area (TPSA) is 62.7 Å². The summed E-state index contributed by atoms with van der Waals surface area (Å²) in [6.07, 6.45) is 7.69. The van der Waals surface area contributed by atoms with Crippen molar-refractivity contribution in [2.75, 3.05) is 13.1 Å². The number of ether oxygens (including phenoxy) is 1. The fourth-order valence-electron chi connectivity index (χ4n) is 4.97. The second-order valence-electron chi connectivity index (χ2n) is 10.2. The third-order valence-electron chi connectivity index (χ3n) is 6.96. The third-order valence-corrected chi connectivity index (χ3v) is 6.96. The highest BCUT2D eigenvalue weighted by Crippen LogP contribution is 2.39. The number of aromatic nitrogens is 1. The lowest BCUT2D eigenvalue weighted by molar-refractivity contribution is -0.141. The number of carbonyl (C=O) groups is 1. The van der Waals surface area contributed by atoms with E-state index in [9.17, 15) is 9.90 Å². The quantitative estimate of drug-likeness (QED) is 0.741. The molecule has 1 saturated heterocycles. The fraction of sp³-hybridized carbons (Fsp3) is 0.600. The number of nitrogens with zero attached hydrogens (tertiary/aromatic N) is 2. The minimum absolute atomic E-state index is 0.247. The molecule has 1 aliphatic heterocycles. The van der Waals surface area contributed by atoms with Gasteiger partial charge in [-0.3, -0.25) is 14.7 Å². The van der Waals surface area contributed by atoms with Gasteiger partial charge < -0.3 is 9.84 Å². The van der Waals surface area contributed by atoms with Gasteiger partial charge in [0.1, 0.15) is 5.75 Å². The second kappa shape index (κ2) is 8.54. The summed E-state index contributed by atoms with van der Waals surface area (Å²) in [4.78, 5) is 18.0. The minimum Gasteiger partial charge on any atom is -0.490 e. The maximum absolute atomic E-state index is 11.2. The summed E-state index contributed by atoms with van der Waals surface area (Å²) in [6, 6.07) is 8.39. The Bertz CT molecular complexity index is 897. The normalized spacial score (nSPS) is 25.5. The van der Waals surface area contributed by atoms with Gasteiger partial charge in [-0.15, -0.1) is 0 Å². The molecule has 0 amide bonds. The molecule has 2 fully saturated rings. The summed E-state index contributed by atoms with van der Waals surface area (Å²) in [6.45, 7) is 9.17. The van der Waals surface area contributed by atoms with Gasteiger partial charge in [0.15, 0.2) is 0 Å². The second-order valence-corrected chi connectivity index (χ2v) is 10.2. The van der Waals surface area contributed by atoms with E-state index in [1.54, 1.807) is 0 Å². The van der Waals surface area contributed by atoms with Crippen molar-refractivity contribution < 1.29 is 14.6 Å². The Morgan fingerprint density at radius 3 is 2.57 bits per heavy atom. The molecule has 0 radical (unpaired) electrons. The molecule has 5 nitrogen and oxygen atoms in total. The summed E-state index contributed by atoms with van der Waals surface area (Å²) in [5, 5.41) is 11.4. The molecular weight excluding hydrogens is 376 g/mol. The smallest absolute Gasteiger partial charge is 0.307 e. The van der Waals surface area contributed by atoms with Crippen LogP contribution in [-0.2, 0) is 11.3 Å². The van der Waals surface area contributed by atoms with Crippen LogP contribution in [0, 0.1) is 17.3 Å². The molecule has 1 unspecified atom stereocenters. The van der Waals surface area contributed by atoms with E-state index in [-0.39, 0.29) is 5.92 Å². The Balaban J connectivity index is 1.36. The van der Waals surface area contributed by atoms with Gasteiger partial charge in [0.05, 0.1) is 17.7 Å². The number of carboxylic acid groups (broad SMARTS) is 1. The molecule has 1 aromatic carbocycles. The Morgan fingerprint density at radius 1 is 1.13 bits per heavy atom. The van der Waals surface area contributed by atoms with Crippen LogP contribution in [0.15, 0.2) is 30.5 Å². The molecule has 1 aliphatic carbocycles. The van der Waals surface area contributed by atoms with Crippen LogP contribution in [0.3, 0.4) is 0 Å². The number of aliphatic carboxylic acids is 1. The predicted molar refractivity (Wildman–Crippen MR) is 119 cm³/mol. The van der Waals surface area contributed by atoms with Crippen molar-refractivity contribution in [2.45, 2.75) is 65.5 Å². The monoisotopic (exact) mass is 410 g/mol. The Labute approximate surface area is 179 Å². The van der Waals surface area contributed by atoms with Crippen LogP contribution in [0.5, 0.6) is 5.75 Å². The van der Waals surface area contributed by atoms with E-state index in [1.807, 2.05) is 6.20 Å². The molecule has 0 spiro atoms. The van der Waals surface area contributed by atoms with Crippen LogP contribution in [0.1, 0.15) is 58.6 Å². The molecule has 2 aliphatic rings. The Kier molecular flexibility index (Phi) is 6.01. The zero-order chi connectivity index (χ0) is 21.3. The number of fused-ring (bicyclic) bond motifs is 1. The SMILES string of the molecule is CC(C)(C)C1CCC(Oc2ccc3cc(CN4CCC(C(=O)O)C4)ncc3c2)CC1. The summed E-state index contributed by atoms with van der Waals surface area (Å²) in [5.41, 5.74) is 1.38. The average Bonchev–Trinajstić information content (AvgIpc) is 3.17. The van der Waals surface area contributed by atoms with E-state index in [4.69, 9.17) is 4.74 Å². The molecule has 1 N–H and O–H groups in total. The zero-order valence-corrected chi connectivity index (χ0v) is 18.4. The average molecular weight is 411 g/mol. The lowest BCUT2D eigenvalue weighted by Crippen LogP contribution is -2.30. The van der Waals surface area contributed by atoms with Gasteiger partial charge in [-0.1, -0.05) is 26.8 Å². The first-order chi connectivity index (χ1) is 14.3. The number of benzene rings is 1. The summed E-state index contributed by atoms with van der Waals surface area (Å²) < 4.78 is 6.30. The number of hydrogen-bond donors (Lipinski definition) is 1. The molecule has 0 bridgehead atoms. The van der Waals surface area contributed by atoms with Crippen molar-refractivity contribution in [3.8, 4) is 5.75 Å². The van der Waals surface area contributed by atoms with Gasteiger partial charge in [0, 0.05) is 24.7 Å². The van der Waals surface area contributed by atoms with E-state index in [2.05, 4.69) is 54.9 Å². The fourth-order valence-corrected chi connectivity index (χ4v) is 4.97. The van der Waals surface area contributed by atoms with E-state index in [0.717, 1.165) is 53.9 Å². The molecule has 4 rings (SSSR count). The van der Waals surface area contributed by atoms with Gasteiger partial charge in [-0.25, -0.2) is 0 Å². The van der Waals surface area contributed by atoms with Gasteiger partial charge in [0.25, 0.3) is 0 Å². The molecule has 2 heterocycles. The van der Waals surface area contributed by atoms with Crippen LogP contribution < -0.4 is 4.74 Å². The molecule has 2 aromatic rings. The van der Waals surface area contributed by atoms with E-state index in [1.165, 1.54) is 12.8 Å². The van der Waals surface area contributed by atoms with Crippen molar-refractivity contribution in [3.05, 3.63) is 36.2 Å². The van der Waals surface area contributed by atoms with Crippen LogP contribution in [0.4, 0.5) is 0 Å². The van der Waals surface area contributed by atoms with Crippen molar-refractivity contribution in [2.24, 2.45) is 17.3 Å². The van der Waals surface area contributed by atoms with Crippen molar-refractivity contribution in [1.29, 1.82) is 0 Å². The first kappa shape index (κ1) is 21.1. The lowest BCUT2D eigenvalue weighted by atomic mass is 9.72. The van der Waals surface area contributed by atoms with E-state index < -0.39 is 5.97 Å². The summed E-state index contributed by atoms with van der Waals surface area (Å²) in [5.74, 6) is 0.782. The van der Waals surface area contributed by atoms with Gasteiger partial charge in [0.2, 0.25) is 0 Å². The maximum Gasteiger partial charge on any atom is 0.307 e. The van der Waals surface area contributed by atoms with Crippen molar-refractivity contribution >= 4 is 16.7 Å².